The predicted octanol–water partition coefficient (Wildman–Crippen LogP) is 2.21. The van der Waals surface area contributed by atoms with Crippen molar-refractivity contribution in [2.45, 2.75) is 12.8 Å². The van der Waals surface area contributed by atoms with Crippen LogP contribution in [0.3, 0.4) is 0 Å². The third kappa shape index (κ3) is 2.92. The van der Waals surface area contributed by atoms with E-state index in [0.29, 0.717) is 35.6 Å². The van der Waals surface area contributed by atoms with Crippen LogP contribution in [0.4, 0.5) is 0 Å². The number of nitrogens with zero attached hydrogens (tertiary/aromatic N) is 2. The first-order valence-corrected chi connectivity index (χ1v) is 7.92. The number of carbonyl (C=O) groups is 1. The Labute approximate surface area is 143 Å². The van der Waals surface area contributed by atoms with Gasteiger partial charge in [0, 0.05) is 19.1 Å². The molecule has 1 aromatic carbocycles. The van der Waals surface area contributed by atoms with E-state index in [1.807, 2.05) is 0 Å². The number of nitrogens with one attached hydrogen (secondary N) is 2. The van der Waals surface area contributed by atoms with Crippen molar-refractivity contribution in [2.75, 3.05) is 20.3 Å². The zero-order valence-corrected chi connectivity index (χ0v) is 13.9. The first-order valence-electron chi connectivity index (χ1n) is 7.54. The van der Waals surface area contributed by atoms with Gasteiger partial charge in [0.1, 0.15) is 5.84 Å². The molecule has 8 heteroatoms. The number of esters is 1. The number of ether oxygens (including phenoxy) is 2. The van der Waals surface area contributed by atoms with Gasteiger partial charge in [-0.1, -0.05) is 11.6 Å². The van der Waals surface area contributed by atoms with Crippen molar-refractivity contribution < 1.29 is 14.3 Å². The molecule has 1 aliphatic heterocycles. The topological polar surface area (TPSA) is 101 Å². The van der Waals surface area contributed by atoms with E-state index in [1.165, 1.54) is 11.7 Å². The SMILES string of the molecule is COC(=O)c1ccc2c(c1)nc(Cl)c(=N)n2C(=N)C1CCOCC1. The number of hydrogen-bond donors (Lipinski definition) is 2. The van der Waals surface area contributed by atoms with E-state index in [0.717, 1.165) is 12.8 Å². The average Bonchev–Trinajstić information content (AvgIpc) is 2.62. The number of halogens is 1. The van der Waals surface area contributed by atoms with Crippen LogP contribution in [0.15, 0.2) is 18.2 Å². The fourth-order valence-corrected chi connectivity index (χ4v) is 3.00. The minimum atomic E-state index is -0.476. The first kappa shape index (κ1) is 16.6. The molecule has 0 atom stereocenters. The Balaban J connectivity index is 2.15. The minimum Gasteiger partial charge on any atom is -0.465 e. The average molecular weight is 349 g/mol. The van der Waals surface area contributed by atoms with Gasteiger partial charge in [-0.3, -0.25) is 15.4 Å². The molecule has 2 N–H and O–H groups in total. The lowest BCUT2D eigenvalue weighted by Gasteiger charge is -2.25. The van der Waals surface area contributed by atoms with E-state index < -0.39 is 5.97 Å². The van der Waals surface area contributed by atoms with Gasteiger partial charge in [-0.25, -0.2) is 9.78 Å². The molecule has 0 amide bonds. The normalized spacial score (nSPS) is 15.4. The van der Waals surface area contributed by atoms with Crippen LogP contribution in [0.5, 0.6) is 0 Å². The second kappa shape index (κ2) is 6.70. The monoisotopic (exact) mass is 348 g/mol. The summed E-state index contributed by atoms with van der Waals surface area (Å²) in [6.07, 6.45) is 1.46. The quantitative estimate of drug-likeness (QED) is 0.493. The summed E-state index contributed by atoms with van der Waals surface area (Å²) in [6, 6.07) is 4.81. The second-order valence-corrected chi connectivity index (χ2v) is 5.91. The summed E-state index contributed by atoms with van der Waals surface area (Å²) >= 11 is 6.08. The van der Waals surface area contributed by atoms with E-state index in [1.54, 1.807) is 18.2 Å². The van der Waals surface area contributed by atoms with Gasteiger partial charge in [0.25, 0.3) is 0 Å². The molecule has 2 heterocycles. The number of methoxy groups -OCH3 is 1. The van der Waals surface area contributed by atoms with Crippen LogP contribution in [0, 0.1) is 16.7 Å². The van der Waals surface area contributed by atoms with Gasteiger partial charge in [-0.05, 0) is 31.0 Å². The van der Waals surface area contributed by atoms with Gasteiger partial charge in [-0.15, -0.1) is 0 Å². The Hall–Kier alpha value is -2.25. The standard InChI is InChI=1S/C16H17ClN4O3/c1-23-16(22)10-2-3-12-11(8-10)20-13(17)15(19)21(12)14(18)9-4-6-24-7-5-9/h2-3,8-9,18-19H,4-7H2,1H3. The molecular weight excluding hydrogens is 332 g/mol. The molecule has 126 valence electrons. The van der Waals surface area contributed by atoms with Crippen LogP contribution < -0.4 is 5.49 Å². The molecule has 0 saturated carbocycles. The maximum Gasteiger partial charge on any atom is 0.337 e. The zero-order valence-electron chi connectivity index (χ0n) is 13.1. The first-order chi connectivity index (χ1) is 11.5. The Bertz CT molecular complexity index is 871. The highest BCUT2D eigenvalue weighted by Crippen LogP contribution is 2.21. The van der Waals surface area contributed by atoms with Crippen LogP contribution >= 0.6 is 11.6 Å². The molecule has 1 fully saturated rings. The van der Waals surface area contributed by atoms with E-state index in [2.05, 4.69) is 4.98 Å². The van der Waals surface area contributed by atoms with Gasteiger partial charge in [-0.2, -0.15) is 0 Å². The van der Waals surface area contributed by atoms with E-state index in [-0.39, 0.29) is 16.6 Å². The van der Waals surface area contributed by atoms with Crippen LogP contribution in [0.2, 0.25) is 5.15 Å². The van der Waals surface area contributed by atoms with Gasteiger partial charge in [0.15, 0.2) is 10.6 Å². The van der Waals surface area contributed by atoms with Crippen molar-refractivity contribution in [3.8, 4) is 0 Å². The molecule has 24 heavy (non-hydrogen) atoms. The summed E-state index contributed by atoms with van der Waals surface area (Å²) in [5.74, 6) is -0.186. The highest BCUT2D eigenvalue weighted by molar-refractivity contribution is 6.29. The maximum absolute atomic E-state index is 11.7. The Morgan fingerprint density at radius 3 is 2.79 bits per heavy atom. The van der Waals surface area contributed by atoms with Gasteiger partial charge in [0.2, 0.25) is 0 Å². The molecule has 1 aliphatic rings. The molecule has 1 saturated heterocycles. The Morgan fingerprint density at radius 2 is 2.12 bits per heavy atom. The number of benzene rings is 1. The van der Waals surface area contributed by atoms with Crippen LogP contribution in [-0.2, 0) is 9.47 Å². The highest BCUT2D eigenvalue weighted by Gasteiger charge is 2.22. The lowest BCUT2D eigenvalue weighted by atomic mass is 9.98. The van der Waals surface area contributed by atoms with Crippen LogP contribution in [0.1, 0.15) is 23.2 Å². The van der Waals surface area contributed by atoms with Gasteiger partial charge < -0.3 is 9.47 Å². The lowest BCUT2D eigenvalue weighted by molar-refractivity contribution is 0.0601. The van der Waals surface area contributed by atoms with Crippen LogP contribution in [-0.4, -0.2) is 41.7 Å². The van der Waals surface area contributed by atoms with E-state index >= 15 is 0 Å². The molecule has 0 radical (unpaired) electrons. The molecule has 2 aromatic rings. The largest absolute Gasteiger partial charge is 0.465 e. The number of carbonyl (C=O) groups excluding carboxylic acids is 1. The lowest BCUT2D eigenvalue weighted by Crippen LogP contribution is -2.35. The highest BCUT2D eigenvalue weighted by atomic mass is 35.5. The van der Waals surface area contributed by atoms with Crippen molar-refractivity contribution >= 4 is 34.4 Å². The molecule has 7 nitrogen and oxygen atoms in total. The molecule has 3 rings (SSSR count). The Morgan fingerprint density at radius 1 is 1.42 bits per heavy atom. The Kier molecular flexibility index (Phi) is 4.64. The minimum absolute atomic E-state index is 0.00481. The smallest absolute Gasteiger partial charge is 0.337 e. The summed E-state index contributed by atoms with van der Waals surface area (Å²) < 4.78 is 11.5. The maximum atomic E-state index is 11.7. The third-order valence-electron chi connectivity index (χ3n) is 4.12. The molecule has 0 unspecified atom stereocenters. The summed E-state index contributed by atoms with van der Waals surface area (Å²) in [5, 5.41) is 16.7. The number of fused-ring (bicyclic) bond motifs is 1. The number of aromatic nitrogens is 2. The third-order valence-corrected chi connectivity index (χ3v) is 4.39. The molecule has 0 bridgehead atoms. The zero-order chi connectivity index (χ0) is 17.3. The molecular formula is C16H17ClN4O3. The summed E-state index contributed by atoms with van der Waals surface area (Å²) in [5.41, 5.74) is 1.31. The van der Waals surface area contributed by atoms with Crippen molar-refractivity contribution in [2.24, 2.45) is 5.92 Å². The number of rotatable bonds is 2. The summed E-state index contributed by atoms with van der Waals surface area (Å²) in [4.78, 5) is 15.9. The molecule has 0 spiro atoms. The van der Waals surface area contributed by atoms with Gasteiger partial charge in [0.05, 0.1) is 23.7 Å². The predicted molar refractivity (Wildman–Crippen MR) is 88.6 cm³/mol. The fraction of sp³-hybridized carbons (Fsp3) is 0.375. The van der Waals surface area contributed by atoms with E-state index in [4.69, 9.17) is 31.9 Å². The van der Waals surface area contributed by atoms with Crippen molar-refractivity contribution in [1.82, 2.24) is 9.55 Å². The fourth-order valence-electron chi connectivity index (χ4n) is 2.82. The van der Waals surface area contributed by atoms with Crippen molar-refractivity contribution in [3.05, 3.63) is 34.4 Å². The van der Waals surface area contributed by atoms with E-state index in [9.17, 15) is 4.79 Å². The summed E-state index contributed by atoms with van der Waals surface area (Å²) in [7, 11) is 1.31. The molecule has 1 aromatic heterocycles. The number of hydrogen-bond acceptors (Lipinski definition) is 6. The van der Waals surface area contributed by atoms with Crippen molar-refractivity contribution in [3.63, 3.8) is 0 Å². The van der Waals surface area contributed by atoms with Gasteiger partial charge >= 0.3 is 5.97 Å². The van der Waals surface area contributed by atoms with Crippen molar-refractivity contribution in [1.29, 1.82) is 10.8 Å². The molecule has 0 aliphatic carbocycles. The van der Waals surface area contributed by atoms with Crippen LogP contribution in [0.25, 0.3) is 11.0 Å². The second-order valence-electron chi connectivity index (χ2n) is 5.55. The summed E-state index contributed by atoms with van der Waals surface area (Å²) in [6.45, 7) is 1.20.